The van der Waals surface area contributed by atoms with Crippen LogP contribution in [0.1, 0.15) is 32.1 Å². The molecule has 4 N–H and O–H groups in total. The summed E-state index contributed by atoms with van der Waals surface area (Å²) in [7, 11) is 0. The highest BCUT2D eigenvalue weighted by molar-refractivity contribution is 14.1. The maximum absolute atomic E-state index is 11.5. The van der Waals surface area contributed by atoms with E-state index in [1.165, 1.54) is 0 Å². The maximum atomic E-state index is 11.5. The second kappa shape index (κ2) is 8.65. The quantitative estimate of drug-likeness (QED) is 0.355. The van der Waals surface area contributed by atoms with Gasteiger partial charge in [0.05, 0.1) is 0 Å². The van der Waals surface area contributed by atoms with Crippen LogP contribution in [0.15, 0.2) is 0 Å². The molecule has 7 heteroatoms. The summed E-state index contributed by atoms with van der Waals surface area (Å²) in [6, 6.07) is 0.518. The Kier molecular flexibility index (Phi) is 7.52. The SMILES string of the molecule is NCCC(=O)NCC(=O)OC1CCC(NI)CC1. The number of halogens is 1. The number of nitrogens with one attached hydrogen (secondary N) is 2. The normalized spacial score (nSPS) is 23.4. The fraction of sp³-hybridized carbons (Fsp3) is 0.818. The van der Waals surface area contributed by atoms with Gasteiger partial charge >= 0.3 is 5.97 Å². The van der Waals surface area contributed by atoms with Crippen LogP contribution in [0.4, 0.5) is 0 Å². The summed E-state index contributed by atoms with van der Waals surface area (Å²) in [5.41, 5.74) is 5.23. The molecule has 1 saturated carbocycles. The molecule has 0 unspecified atom stereocenters. The predicted octanol–water partition coefficient (Wildman–Crippen LogP) is 0.245. The van der Waals surface area contributed by atoms with E-state index in [1.807, 2.05) is 0 Å². The highest BCUT2D eigenvalue weighted by Crippen LogP contribution is 2.21. The molecule has 0 aliphatic heterocycles. The number of carbonyl (C=O) groups excluding carboxylic acids is 2. The molecule has 0 aromatic heterocycles. The van der Waals surface area contributed by atoms with Crippen molar-refractivity contribution in [1.82, 2.24) is 8.85 Å². The zero-order valence-electron chi connectivity index (χ0n) is 10.3. The fourth-order valence-electron chi connectivity index (χ4n) is 1.91. The van der Waals surface area contributed by atoms with Crippen LogP contribution in [0.3, 0.4) is 0 Å². The van der Waals surface area contributed by atoms with Gasteiger partial charge in [0.1, 0.15) is 12.6 Å². The average molecular weight is 369 g/mol. The topological polar surface area (TPSA) is 93.5 Å². The Bertz CT molecular complexity index is 281. The Morgan fingerprint density at radius 3 is 2.50 bits per heavy atom. The Morgan fingerprint density at radius 2 is 1.94 bits per heavy atom. The zero-order chi connectivity index (χ0) is 13.4. The number of nitrogens with two attached hydrogens (primary N) is 1. The minimum atomic E-state index is -0.369. The molecule has 0 aromatic rings. The number of amides is 1. The van der Waals surface area contributed by atoms with Crippen molar-refractivity contribution in [3.05, 3.63) is 0 Å². The van der Waals surface area contributed by atoms with Gasteiger partial charge < -0.3 is 15.8 Å². The first kappa shape index (κ1) is 15.6. The van der Waals surface area contributed by atoms with E-state index in [1.54, 1.807) is 0 Å². The van der Waals surface area contributed by atoms with Crippen molar-refractivity contribution in [2.24, 2.45) is 5.73 Å². The highest BCUT2D eigenvalue weighted by Gasteiger charge is 2.23. The first-order valence-corrected chi connectivity index (χ1v) is 7.26. The van der Waals surface area contributed by atoms with Crippen molar-refractivity contribution in [1.29, 1.82) is 0 Å². The lowest BCUT2D eigenvalue weighted by molar-refractivity contribution is -0.150. The van der Waals surface area contributed by atoms with Crippen molar-refractivity contribution in [2.45, 2.75) is 44.2 Å². The predicted molar refractivity (Wildman–Crippen MR) is 76.0 cm³/mol. The van der Waals surface area contributed by atoms with Crippen LogP contribution >= 0.6 is 22.9 Å². The highest BCUT2D eigenvalue weighted by atomic mass is 127. The van der Waals surface area contributed by atoms with Crippen LogP contribution in [0.25, 0.3) is 0 Å². The molecular weight excluding hydrogens is 349 g/mol. The van der Waals surface area contributed by atoms with Gasteiger partial charge in [-0.3, -0.25) is 13.1 Å². The Labute approximate surface area is 121 Å². The molecule has 1 rings (SSSR count). The second-order valence-electron chi connectivity index (χ2n) is 4.39. The standard InChI is InChI=1S/C11H20IN3O3/c12-15-8-1-3-9(4-2-8)18-11(17)7-14-10(16)5-6-13/h8-9,15H,1-7,13H2,(H,14,16). The first-order chi connectivity index (χ1) is 8.65. The molecule has 0 aromatic carbocycles. The minimum Gasteiger partial charge on any atom is -0.461 e. The van der Waals surface area contributed by atoms with Gasteiger partial charge in [0.2, 0.25) is 5.91 Å². The molecule has 1 fully saturated rings. The molecule has 0 radical (unpaired) electrons. The maximum Gasteiger partial charge on any atom is 0.325 e. The van der Waals surface area contributed by atoms with E-state index in [-0.39, 0.29) is 37.5 Å². The molecule has 0 bridgehead atoms. The molecule has 0 saturated heterocycles. The van der Waals surface area contributed by atoms with E-state index in [0.29, 0.717) is 6.04 Å². The average Bonchev–Trinajstić information content (AvgIpc) is 2.38. The lowest BCUT2D eigenvalue weighted by atomic mass is 9.94. The number of ether oxygens (including phenoxy) is 1. The van der Waals surface area contributed by atoms with Crippen LogP contribution in [-0.2, 0) is 14.3 Å². The summed E-state index contributed by atoms with van der Waals surface area (Å²) in [6.45, 7) is 0.220. The van der Waals surface area contributed by atoms with Gasteiger partial charge in [0.25, 0.3) is 0 Å². The van der Waals surface area contributed by atoms with Crippen molar-refractivity contribution in [2.75, 3.05) is 13.1 Å². The number of esters is 1. The van der Waals surface area contributed by atoms with Gasteiger partial charge in [0.15, 0.2) is 0 Å². The van der Waals surface area contributed by atoms with E-state index in [0.717, 1.165) is 25.7 Å². The van der Waals surface area contributed by atoms with E-state index >= 15 is 0 Å². The smallest absolute Gasteiger partial charge is 0.325 e. The number of hydrogen-bond acceptors (Lipinski definition) is 5. The lowest BCUT2D eigenvalue weighted by Crippen LogP contribution is -2.36. The van der Waals surface area contributed by atoms with Gasteiger partial charge in [-0.25, -0.2) is 0 Å². The third-order valence-electron chi connectivity index (χ3n) is 2.93. The van der Waals surface area contributed by atoms with E-state index in [4.69, 9.17) is 10.5 Å². The van der Waals surface area contributed by atoms with E-state index in [9.17, 15) is 9.59 Å². The van der Waals surface area contributed by atoms with Crippen molar-refractivity contribution in [3.63, 3.8) is 0 Å². The minimum absolute atomic E-state index is 0.00934. The number of carbonyl (C=O) groups is 2. The monoisotopic (exact) mass is 369 g/mol. The van der Waals surface area contributed by atoms with Crippen LogP contribution in [0.5, 0.6) is 0 Å². The van der Waals surface area contributed by atoms with Crippen molar-refractivity contribution in [3.8, 4) is 0 Å². The van der Waals surface area contributed by atoms with Crippen molar-refractivity contribution < 1.29 is 14.3 Å². The Hall–Kier alpha value is -0.410. The summed E-state index contributed by atoms with van der Waals surface area (Å²) < 4.78 is 8.49. The van der Waals surface area contributed by atoms with Crippen LogP contribution < -0.4 is 14.6 Å². The number of hydrogen-bond donors (Lipinski definition) is 3. The fourth-order valence-corrected chi connectivity index (χ4v) is 2.53. The Morgan fingerprint density at radius 1 is 1.28 bits per heavy atom. The van der Waals surface area contributed by atoms with Gasteiger partial charge in [-0.1, -0.05) is 0 Å². The third-order valence-corrected chi connectivity index (χ3v) is 3.81. The molecule has 104 valence electrons. The molecule has 18 heavy (non-hydrogen) atoms. The second-order valence-corrected chi connectivity index (χ2v) is 5.01. The third kappa shape index (κ3) is 5.96. The lowest BCUT2D eigenvalue weighted by Gasteiger charge is -2.27. The van der Waals surface area contributed by atoms with Gasteiger partial charge in [0, 0.05) is 41.9 Å². The van der Waals surface area contributed by atoms with E-state index in [2.05, 4.69) is 31.7 Å². The molecule has 1 aliphatic carbocycles. The van der Waals surface area contributed by atoms with Crippen LogP contribution in [0, 0.1) is 0 Å². The molecule has 1 aliphatic rings. The molecular formula is C11H20IN3O3. The molecule has 1 amide bonds. The largest absolute Gasteiger partial charge is 0.461 e. The summed E-state index contributed by atoms with van der Waals surface area (Å²) in [5.74, 6) is -0.585. The van der Waals surface area contributed by atoms with Crippen LogP contribution in [-0.4, -0.2) is 37.1 Å². The first-order valence-electron chi connectivity index (χ1n) is 6.18. The van der Waals surface area contributed by atoms with Crippen LogP contribution in [0.2, 0.25) is 0 Å². The molecule has 0 spiro atoms. The zero-order valence-corrected chi connectivity index (χ0v) is 12.4. The van der Waals surface area contributed by atoms with Gasteiger partial charge in [-0.2, -0.15) is 0 Å². The summed E-state index contributed by atoms with van der Waals surface area (Å²) in [6.07, 6.45) is 4.01. The summed E-state index contributed by atoms with van der Waals surface area (Å²) in [5, 5.41) is 2.49. The summed E-state index contributed by atoms with van der Waals surface area (Å²) in [4.78, 5) is 22.6. The van der Waals surface area contributed by atoms with E-state index < -0.39 is 0 Å². The molecule has 6 nitrogen and oxygen atoms in total. The number of rotatable bonds is 6. The Balaban J connectivity index is 2.15. The van der Waals surface area contributed by atoms with Gasteiger partial charge in [-0.15, -0.1) is 0 Å². The molecule has 0 heterocycles. The summed E-state index contributed by atoms with van der Waals surface area (Å²) >= 11 is 2.15. The van der Waals surface area contributed by atoms with Crippen molar-refractivity contribution >= 4 is 34.7 Å². The molecule has 0 atom stereocenters. The van der Waals surface area contributed by atoms with Gasteiger partial charge in [-0.05, 0) is 25.7 Å².